The third kappa shape index (κ3) is 4.21. The maximum atomic E-state index is 3.71. The predicted octanol–water partition coefficient (Wildman–Crippen LogP) is -0.0361. The van der Waals surface area contributed by atoms with E-state index in [2.05, 4.69) is 34.5 Å². The van der Waals surface area contributed by atoms with E-state index < -0.39 is 0 Å². The Morgan fingerprint density at radius 1 is 1.06 bits per heavy atom. The van der Waals surface area contributed by atoms with Crippen molar-refractivity contribution in [1.29, 1.82) is 0 Å². The van der Waals surface area contributed by atoms with Crippen LogP contribution in [0.25, 0.3) is 0 Å². The zero-order chi connectivity index (χ0) is 12.1. The summed E-state index contributed by atoms with van der Waals surface area (Å²) in [6, 6.07) is 1.48. The van der Waals surface area contributed by atoms with Gasteiger partial charge in [-0.1, -0.05) is 0 Å². The van der Waals surface area contributed by atoms with Crippen molar-refractivity contribution < 1.29 is 0 Å². The summed E-state index contributed by atoms with van der Waals surface area (Å²) in [5.74, 6) is 0. The molecule has 0 aromatic heterocycles. The molecule has 1 atom stereocenters. The second-order valence-corrected chi connectivity index (χ2v) is 5.61. The highest BCUT2D eigenvalue weighted by atomic mass is 15.2. The maximum absolute atomic E-state index is 3.71. The average Bonchev–Trinajstić information content (AvgIpc) is 2.80. The summed E-state index contributed by atoms with van der Waals surface area (Å²) in [6.45, 7) is 7.37. The van der Waals surface area contributed by atoms with Crippen molar-refractivity contribution in [1.82, 2.24) is 20.4 Å². The quantitative estimate of drug-likeness (QED) is 0.706. The van der Waals surface area contributed by atoms with Crippen LogP contribution in [0.5, 0.6) is 0 Å². The summed E-state index contributed by atoms with van der Waals surface area (Å²) < 4.78 is 0. The Labute approximate surface area is 106 Å². The van der Waals surface area contributed by atoms with Crippen LogP contribution in [0.1, 0.15) is 19.3 Å². The van der Waals surface area contributed by atoms with Gasteiger partial charge in [0.05, 0.1) is 0 Å². The van der Waals surface area contributed by atoms with Crippen molar-refractivity contribution in [2.75, 3.05) is 53.4 Å². The van der Waals surface area contributed by atoms with Crippen LogP contribution in [-0.4, -0.2) is 75.2 Å². The molecule has 4 nitrogen and oxygen atoms in total. The monoisotopic (exact) mass is 240 g/mol. The Kier molecular flexibility index (Phi) is 5.22. The summed E-state index contributed by atoms with van der Waals surface area (Å²) in [5, 5.41) is 7.08. The first-order valence-corrected chi connectivity index (χ1v) is 7.09. The Morgan fingerprint density at radius 2 is 1.76 bits per heavy atom. The van der Waals surface area contributed by atoms with E-state index >= 15 is 0 Å². The third-order valence-corrected chi connectivity index (χ3v) is 4.26. The van der Waals surface area contributed by atoms with Crippen LogP contribution in [0.2, 0.25) is 0 Å². The van der Waals surface area contributed by atoms with Crippen molar-refractivity contribution in [3.8, 4) is 0 Å². The maximum Gasteiger partial charge on any atom is 0.0204 e. The molecule has 0 aromatic rings. The summed E-state index contributed by atoms with van der Waals surface area (Å²) in [4.78, 5) is 5.00. The molecule has 2 aliphatic heterocycles. The number of rotatable bonds is 5. The molecule has 2 N–H and O–H groups in total. The molecule has 17 heavy (non-hydrogen) atoms. The van der Waals surface area contributed by atoms with Crippen molar-refractivity contribution in [2.45, 2.75) is 31.3 Å². The molecular weight excluding hydrogens is 212 g/mol. The highest BCUT2D eigenvalue weighted by molar-refractivity contribution is 4.81. The average molecular weight is 240 g/mol. The number of likely N-dealkylation sites (N-methyl/N-ethyl adjacent to an activating group) is 1. The SMILES string of the molecule is CNC1CCN(CCNC2CCN(C)CC2)C1. The molecular formula is C13H28N4. The van der Waals surface area contributed by atoms with Gasteiger partial charge in [0.1, 0.15) is 0 Å². The second-order valence-electron chi connectivity index (χ2n) is 5.61. The lowest BCUT2D eigenvalue weighted by molar-refractivity contribution is 0.228. The molecule has 0 amide bonds. The topological polar surface area (TPSA) is 30.5 Å². The molecule has 0 aromatic carbocycles. The Hall–Kier alpha value is -0.160. The van der Waals surface area contributed by atoms with Crippen LogP contribution >= 0.6 is 0 Å². The lowest BCUT2D eigenvalue weighted by atomic mass is 10.1. The largest absolute Gasteiger partial charge is 0.316 e. The van der Waals surface area contributed by atoms with E-state index in [1.165, 1.54) is 52.0 Å². The molecule has 2 rings (SSSR count). The minimum atomic E-state index is 0.721. The molecule has 4 heteroatoms. The van der Waals surface area contributed by atoms with Gasteiger partial charge in [-0.2, -0.15) is 0 Å². The smallest absolute Gasteiger partial charge is 0.0204 e. The zero-order valence-electron chi connectivity index (χ0n) is 11.4. The number of likely N-dealkylation sites (tertiary alicyclic amines) is 2. The fraction of sp³-hybridized carbons (Fsp3) is 1.00. The van der Waals surface area contributed by atoms with Gasteiger partial charge >= 0.3 is 0 Å². The van der Waals surface area contributed by atoms with Gasteiger partial charge in [0, 0.05) is 31.7 Å². The summed E-state index contributed by atoms with van der Waals surface area (Å²) >= 11 is 0. The Morgan fingerprint density at radius 3 is 2.41 bits per heavy atom. The van der Waals surface area contributed by atoms with E-state index in [9.17, 15) is 0 Å². The standard InChI is InChI=1S/C13H28N4/c1-14-13-5-9-17(11-13)10-6-15-12-3-7-16(2)8-4-12/h12-15H,3-11H2,1-2H3. The van der Waals surface area contributed by atoms with E-state index in [0.717, 1.165) is 18.6 Å². The molecule has 2 fully saturated rings. The molecule has 2 aliphatic rings. The van der Waals surface area contributed by atoms with Gasteiger partial charge in [-0.3, -0.25) is 0 Å². The van der Waals surface area contributed by atoms with Crippen molar-refractivity contribution >= 4 is 0 Å². The lowest BCUT2D eigenvalue weighted by Crippen LogP contribution is -2.43. The molecule has 0 bridgehead atoms. The zero-order valence-corrected chi connectivity index (χ0v) is 11.4. The number of nitrogens with zero attached hydrogens (tertiary/aromatic N) is 2. The predicted molar refractivity (Wildman–Crippen MR) is 72.4 cm³/mol. The molecule has 2 saturated heterocycles. The summed E-state index contributed by atoms with van der Waals surface area (Å²) in [6.07, 6.45) is 3.94. The second kappa shape index (κ2) is 6.69. The van der Waals surface area contributed by atoms with E-state index in [-0.39, 0.29) is 0 Å². The minimum Gasteiger partial charge on any atom is -0.316 e. The first-order chi connectivity index (χ1) is 8.28. The molecule has 0 radical (unpaired) electrons. The number of hydrogen-bond donors (Lipinski definition) is 2. The van der Waals surface area contributed by atoms with E-state index in [4.69, 9.17) is 0 Å². The lowest BCUT2D eigenvalue weighted by Gasteiger charge is -2.30. The molecule has 0 saturated carbocycles. The van der Waals surface area contributed by atoms with Gasteiger partial charge < -0.3 is 20.4 Å². The summed E-state index contributed by atoms with van der Waals surface area (Å²) in [7, 11) is 4.29. The molecule has 1 unspecified atom stereocenters. The van der Waals surface area contributed by atoms with Crippen molar-refractivity contribution in [3.63, 3.8) is 0 Å². The van der Waals surface area contributed by atoms with Gasteiger partial charge in [-0.15, -0.1) is 0 Å². The van der Waals surface area contributed by atoms with E-state index in [1.54, 1.807) is 0 Å². The van der Waals surface area contributed by atoms with E-state index in [0.29, 0.717) is 0 Å². The van der Waals surface area contributed by atoms with Gasteiger partial charge in [-0.05, 0) is 53.0 Å². The molecule has 100 valence electrons. The van der Waals surface area contributed by atoms with Crippen LogP contribution in [0.15, 0.2) is 0 Å². The Balaban J connectivity index is 1.54. The van der Waals surface area contributed by atoms with Gasteiger partial charge in [0.25, 0.3) is 0 Å². The molecule has 2 heterocycles. The van der Waals surface area contributed by atoms with Crippen LogP contribution in [0, 0.1) is 0 Å². The Bertz CT molecular complexity index is 211. The van der Waals surface area contributed by atoms with Crippen LogP contribution in [0.4, 0.5) is 0 Å². The first-order valence-electron chi connectivity index (χ1n) is 7.09. The number of piperidine rings is 1. The summed E-state index contributed by atoms with van der Waals surface area (Å²) in [5.41, 5.74) is 0. The van der Waals surface area contributed by atoms with Crippen molar-refractivity contribution in [2.24, 2.45) is 0 Å². The van der Waals surface area contributed by atoms with E-state index in [1.807, 2.05) is 0 Å². The third-order valence-electron chi connectivity index (χ3n) is 4.26. The van der Waals surface area contributed by atoms with Crippen LogP contribution in [-0.2, 0) is 0 Å². The van der Waals surface area contributed by atoms with Crippen LogP contribution < -0.4 is 10.6 Å². The normalized spacial score (nSPS) is 28.9. The first kappa shape index (κ1) is 13.3. The van der Waals surface area contributed by atoms with Gasteiger partial charge in [-0.25, -0.2) is 0 Å². The van der Waals surface area contributed by atoms with Crippen molar-refractivity contribution in [3.05, 3.63) is 0 Å². The van der Waals surface area contributed by atoms with Gasteiger partial charge in [0.15, 0.2) is 0 Å². The number of nitrogens with one attached hydrogen (secondary N) is 2. The molecule has 0 aliphatic carbocycles. The highest BCUT2D eigenvalue weighted by Gasteiger charge is 2.21. The minimum absolute atomic E-state index is 0.721. The molecule has 0 spiro atoms. The fourth-order valence-electron chi connectivity index (χ4n) is 2.91. The number of hydrogen-bond acceptors (Lipinski definition) is 4. The highest BCUT2D eigenvalue weighted by Crippen LogP contribution is 2.09. The fourth-order valence-corrected chi connectivity index (χ4v) is 2.91. The van der Waals surface area contributed by atoms with Crippen LogP contribution in [0.3, 0.4) is 0 Å². The van der Waals surface area contributed by atoms with Gasteiger partial charge in [0.2, 0.25) is 0 Å².